The molecule has 2 rings (SSSR count). The van der Waals surface area contributed by atoms with E-state index in [-0.39, 0.29) is 30.5 Å². The summed E-state index contributed by atoms with van der Waals surface area (Å²) in [5, 5.41) is 0. The molecule has 1 heterocycles. The predicted molar refractivity (Wildman–Crippen MR) is 89.0 cm³/mol. The van der Waals surface area contributed by atoms with Crippen LogP contribution in [0.5, 0.6) is 0 Å². The largest absolute Gasteiger partial charge is 0.381 e. The lowest BCUT2D eigenvalue weighted by molar-refractivity contribution is -0.133. The van der Waals surface area contributed by atoms with Crippen molar-refractivity contribution in [3.63, 3.8) is 0 Å². The molecular weight excluding hydrogens is 308 g/mol. The molecule has 2 atom stereocenters. The quantitative estimate of drug-likeness (QED) is 0.841. The van der Waals surface area contributed by atoms with Crippen LogP contribution in [-0.2, 0) is 9.53 Å². The summed E-state index contributed by atoms with van der Waals surface area (Å²) in [6.45, 7) is 1.25. The van der Waals surface area contributed by atoms with Crippen LogP contribution in [0.25, 0.3) is 0 Å². The van der Waals surface area contributed by atoms with Crippen molar-refractivity contribution in [2.24, 2.45) is 5.73 Å². The van der Waals surface area contributed by atoms with Gasteiger partial charge in [-0.25, -0.2) is 0 Å². The third-order valence-corrected chi connectivity index (χ3v) is 4.70. The molecule has 0 radical (unpaired) electrons. The SMILES string of the molecule is COC1CCN(C(=O)CSc2ccccc2)C(CN)C1.Cl. The number of nitrogens with zero attached hydrogens (tertiary/aromatic N) is 1. The number of hydrogen-bond donors (Lipinski definition) is 1. The maximum Gasteiger partial charge on any atom is 0.233 e. The molecule has 1 fully saturated rings. The Morgan fingerprint density at radius 3 is 2.76 bits per heavy atom. The molecule has 1 aromatic carbocycles. The monoisotopic (exact) mass is 330 g/mol. The molecule has 2 unspecified atom stereocenters. The fourth-order valence-electron chi connectivity index (χ4n) is 2.52. The van der Waals surface area contributed by atoms with Crippen molar-refractivity contribution in [1.82, 2.24) is 4.90 Å². The van der Waals surface area contributed by atoms with Gasteiger partial charge in [0, 0.05) is 31.1 Å². The number of thioether (sulfide) groups is 1. The highest BCUT2D eigenvalue weighted by atomic mass is 35.5. The molecule has 1 amide bonds. The van der Waals surface area contributed by atoms with Crippen LogP contribution >= 0.6 is 24.2 Å². The average molecular weight is 331 g/mol. The Balaban J connectivity index is 0.00000220. The smallest absolute Gasteiger partial charge is 0.233 e. The van der Waals surface area contributed by atoms with Crippen molar-refractivity contribution >= 4 is 30.1 Å². The summed E-state index contributed by atoms with van der Waals surface area (Å²) in [5.41, 5.74) is 5.80. The van der Waals surface area contributed by atoms with Gasteiger partial charge in [0.15, 0.2) is 0 Å². The maximum atomic E-state index is 12.3. The molecule has 1 aliphatic rings. The molecule has 1 aromatic rings. The molecule has 0 bridgehead atoms. The lowest BCUT2D eigenvalue weighted by Gasteiger charge is -2.38. The van der Waals surface area contributed by atoms with Gasteiger partial charge in [0.25, 0.3) is 0 Å². The van der Waals surface area contributed by atoms with Gasteiger partial charge in [-0.3, -0.25) is 4.79 Å². The summed E-state index contributed by atoms with van der Waals surface area (Å²) in [7, 11) is 1.72. The number of carbonyl (C=O) groups excluding carboxylic acids is 1. The van der Waals surface area contributed by atoms with Crippen molar-refractivity contribution in [2.45, 2.75) is 29.9 Å². The summed E-state index contributed by atoms with van der Waals surface area (Å²) in [5.74, 6) is 0.641. The minimum Gasteiger partial charge on any atom is -0.381 e. The highest BCUT2D eigenvalue weighted by Crippen LogP contribution is 2.22. The fraction of sp³-hybridized carbons (Fsp3) is 0.533. The van der Waals surface area contributed by atoms with Crippen LogP contribution in [0.3, 0.4) is 0 Å². The van der Waals surface area contributed by atoms with Gasteiger partial charge in [0.1, 0.15) is 0 Å². The molecule has 0 saturated carbocycles. The summed E-state index contributed by atoms with van der Waals surface area (Å²) in [6.07, 6.45) is 1.97. The Morgan fingerprint density at radius 1 is 1.43 bits per heavy atom. The number of halogens is 1. The zero-order chi connectivity index (χ0) is 14.4. The second-order valence-electron chi connectivity index (χ2n) is 4.96. The number of likely N-dealkylation sites (tertiary alicyclic amines) is 1. The molecule has 6 heteroatoms. The minimum atomic E-state index is 0. The second-order valence-corrected chi connectivity index (χ2v) is 6.01. The van der Waals surface area contributed by atoms with Crippen molar-refractivity contribution in [3.8, 4) is 0 Å². The molecule has 1 saturated heterocycles. The van der Waals surface area contributed by atoms with E-state index in [0.717, 1.165) is 24.3 Å². The second kappa shape index (κ2) is 9.30. The van der Waals surface area contributed by atoms with E-state index in [0.29, 0.717) is 12.3 Å². The molecule has 1 aliphatic heterocycles. The van der Waals surface area contributed by atoms with Crippen LogP contribution in [0.4, 0.5) is 0 Å². The number of carbonyl (C=O) groups is 1. The summed E-state index contributed by atoms with van der Waals surface area (Å²) in [6, 6.07) is 10.1. The first kappa shape index (κ1) is 18.3. The van der Waals surface area contributed by atoms with Crippen LogP contribution in [0.15, 0.2) is 35.2 Å². The van der Waals surface area contributed by atoms with Gasteiger partial charge in [0.05, 0.1) is 11.9 Å². The normalized spacial score (nSPS) is 21.7. The molecule has 118 valence electrons. The third kappa shape index (κ3) is 5.18. The number of piperidine rings is 1. The number of benzene rings is 1. The number of amides is 1. The van der Waals surface area contributed by atoms with E-state index < -0.39 is 0 Å². The van der Waals surface area contributed by atoms with Gasteiger partial charge in [-0.1, -0.05) is 18.2 Å². The predicted octanol–water partition coefficient (Wildman–Crippen LogP) is 2.17. The summed E-state index contributed by atoms with van der Waals surface area (Å²) >= 11 is 1.58. The number of hydrogen-bond acceptors (Lipinski definition) is 4. The number of methoxy groups -OCH3 is 1. The molecular formula is C15H23ClN2O2S. The van der Waals surface area contributed by atoms with Gasteiger partial charge in [-0.2, -0.15) is 0 Å². The molecule has 21 heavy (non-hydrogen) atoms. The van der Waals surface area contributed by atoms with Crippen molar-refractivity contribution in [3.05, 3.63) is 30.3 Å². The van der Waals surface area contributed by atoms with Crippen LogP contribution in [0.2, 0.25) is 0 Å². The first-order valence-corrected chi connectivity index (χ1v) is 7.93. The van der Waals surface area contributed by atoms with Crippen molar-refractivity contribution in [2.75, 3.05) is 26.0 Å². The van der Waals surface area contributed by atoms with E-state index in [1.54, 1.807) is 18.9 Å². The fourth-order valence-corrected chi connectivity index (χ4v) is 3.33. The standard InChI is InChI=1S/C15H22N2O2S.ClH/c1-19-13-7-8-17(12(9-13)10-16)15(18)11-20-14-5-3-2-4-6-14;/h2-6,12-13H,7-11,16H2,1H3;1H. The highest BCUT2D eigenvalue weighted by molar-refractivity contribution is 8.00. The lowest BCUT2D eigenvalue weighted by atomic mass is 9.99. The Morgan fingerprint density at radius 2 is 2.14 bits per heavy atom. The third-order valence-electron chi connectivity index (χ3n) is 3.70. The zero-order valence-electron chi connectivity index (χ0n) is 12.2. The number of nitrogens with two attached hydrogens (primary N) is 1. The van der Waals surface area contributed by atoms with Crippen molar-refractivity contribution in [1.29, 1.82) is 0 Å². The van der Waals surface area contributed by atoms with E-state index in [4.69, 9.17) is 10.5 Å². The average Bonchev–Trinajstić information content (AvgIpc) is 2.52. The minimum absolute atomic E-state index is 0. The topological polar surface area (TPSA) is 55.6 Å². The zero-order valence-corrected chi connectivity index (χ0v) is 13.9. The van der Waals surface area contributed by atoms with Crippen LogP contribution < -0.4 is 5.73 Å². The molecule has 2 N–H and O–H groups in total. The van der Waals surface area contributed by atoms with E-state index in [1.807, 2.05) is 35.2 Å². The maximum absolute atomic E-state index is 12.3. The number of rotatable bonds is 5. The van der Waals surface area contributed by atoms with Gasteiger partial charge < -0.3 is 15.4 Å². The van der Waals surface area contributed by atoms with E-state index in [9.17, 15) is 4.79 Å². The molecule has 0 aliphatic carbocycles. The Hall–Kier alpha value is -0.750. The lowest BCUT2D eigenvalue weighted by Crippen LogP contribution is -2.51. The molecule has 0 aromatic heterocycles. The van der Waals surface area contributed by atoms with Gasteiger partial charge >= 0.3 is 0 Å². The van der Waals surface area contributed by atoms with Crippen LogP contribution in [0.1, 0.15) is 12.8 Å². The number of ether oxygens (including phenoxy) is 1. The molecule has 4 nitrogen and oxygen atoms in total. The Kier molecular flexibility index (Phi) is 8.11. The molecule has 0 spiro atoms. The summed E-state index contributed by atoms with van der Waals surface area (Å²) in [4.78, 5) is 15.4. The van der Waals surface area contributed by atoms with E-state index >= 15 is 0 Å². The first-order valence-electron chi connectivity index (χ1n) is 6.94. The van der Waals surface area contributed by atoms with Crippen LogP contribution in [0, 0.1) is 0 Å². The first-order chi connectivity index (χ1) is 9.74. The van der Waals surface area contributed by atoms with E-state index in [2.05, 4.69) is 0 Å². The Labute approximate surface area is 136 Å². The highest BCUT2D eigenvalue weighted by Gasteiger charge is 2.30. The van der Waals surface area contributed by atoms with Gasteiger partial charge in [0.2, 0.25) is 5.91 Å². The van der Waals surface area contributed by atoms with E-state index in [1.165, 1.54) is 0 Å². The van der Waals surface area contributed by atoms with Crippen LogP contribution in [-0.4, -0.2) is 48.9 Å². The van der Waals surface area contributed by atoms with Gasteiger partial charge in [-0.05, 0) is 25.0 Å². The Bertz CT molecular complexity index is 433. The van der Waals surface area contributed by atoms with Crippen molar-refractivity contribution < 1.29 is 9.53 Å². The summed E-state index contributed by atoms with van der Waals surface area (Å²) < 4.78 is 5.38. The van der Waals surface area contributed by atoms with Gasteiger partial charge in [-0.15, -0.1) is 24.2 Å².